The van der Waals surface area contributed by atoms with E-state index in [1.807, 2.05) is 24.3 Å². The summed E-state index contributed by atoms with van der Waals surface area (Å²) in [7, 11) is 0. The Morgan fingerprint density at radius 1 is 1.50 bits per heavy atom. The van der Waals surface area contributed by atoms with E-state index in [1.165, 1.54) is 5.56 Å². The van der Waals surface area contributed by atoms with E-state index in [0.29, 0.717) is 0 Å². The van der Waals surface area contributed by atoms with Crippen molar-refractivity contribution in [1.82, 2.24) is 0 Å². The monoisotopic (exact) mass is 163 g/mol. The van der Waals surface area contributed by atoms with Crippen molar-refractivity contribution in [2.75, 3.05) is 0 Å². The molecule has 0 saturated heterocycles. The summed E-state index contributed by atoms with van der Waals surface area (Å²) < 4.78 is 0. The van der Waals surface area contributed by atoms with Crippen molar-refractivity contribution >= 4 is 0 Å². The second-order valence-corrected chi connectivity index (χ2v) is 3.62. The smallest absolute Gasteiger partial charge is 0.102 e. The van der Waals surface area contributed by atoms with Gasteiger partial charge in [0.15, 0.2) is 0 Å². The zero-order valence-corrected chi connectivity index (χ0v) is 7.12. The summed E-state index contributed by atoms with van der Waals surface area (Å²) in [6.07, 6.45) is 0.781. The van der Waals surface area contributed by atoms with Crippen LogP contribution in [0, 0.1) is 0 Å². The molecule has 64 valence electrons. The van der Waals surface area contributed by atoms with Crippen LogP contribution < -0.4 is 5.73 Å². The highest BCUT2D eigenvalue weighted by atomic mass is 16.3. The number of hydrogen-bond acceptors (Lipinski definition) is 2. The van der Waals surface area contributed by atoms with Crippen LogP contribution in [-0.4, -0.2) is 11.1 Å². The molecule has 1 aliphatic rings. The van der Waals surface area contributed by atoms with E-state index in [9.17, 15) is 5.11 Å². The van der Waals surface area contributed by atoms with E-state index in [2.05, 4.69) is 0 Å². The van der Waals surface area contributed by atoms with E-state index in [1.54, 1.807) is 6.92 Å². The van der Waals surface area contributed by atoms with E-state index in [-0.39, 0.29) is 6.04 Å². The average molecular weight is 163 g/mol. The van der Waals surface area contributed by atoms with Gasteiger partial charge in [-0.3, -0.25) is 0 Å². The molecule has 1 aromatic rings. The average Bonchev–Trinajstić information content (AvgIpc) is 2.25. The van der Waals surface area contributed by atoms with Crippen LogP contribution >= 0.6 is 0 Å². The summed E-state index contributed by atoms with van der Waals surface area (Å²) in [5, 5.41) is 9.99. The molecular formula is C10H13NO. The van der Waals surface area contributed by atoms with Crippen LogP contribution in [-0.2, 0) is 12.0 Å². The summed E-state index contributed by atoms with van der Waals surface area (Å²) in [5.41, 5.74) is 7.14. The maximum atomic E-state index is 9.99. The normalized spacial score (nSPS) is 33.4. The molecule has 0 heterocycles. The number of benzene rings is 1. The van der Waals surface area contributed by atoms with Gasteiger partial charge < -0.3 is 10.8 Å². The van der Waals surface area contributed by atoms with E-state index < -0.39 is 5.60 Å². The van der Waals surface area contributed by atoms with Crippen LogP contribution in [0.1, 0.15) is 18.1 Å². The maximum Gasteiger partial charge on any atom is 0.102 e. The van der Waals surface area contributed by atoms with Crippen molar-refractivity contribution in [2.45, 2.75) is 25.0 Å². The Morgan fingerprint density at radius 2 is 2.17 bits per heavy atom. The van der Waals surface area contributed by atoms with Crippen LogP contribution in [0.4, 0.5) is 0 Å². The molecule has 1 aliphatic carbocycles. The molecule has 0 radical (unpaired) electrons. The Bertz CT molecular complexity index is 306. The third-order valence-corrected chi connectivity index (χ3v) is 2.72. The van der Waals surface area contributed by atoms with Gasteiger partial charge in [-0.2, -0.15) is 0 Å². The van der Waals surface area contributed by atoms with Crippen LogP contribution in [0.15, 0.2) is 24.3 Å². The zero-order chi connectivity index (χ0) is 8.77. The van der Waals surface area contributed by atoms with Gasteiger partial charge in [-0.25, -0.2) is 0 Å². The quantitative estimate of drug-likeness (QED) is 0.593. The molecule has 2 nitrogen and oxygen atoms in total. The van der Waals surface area contributed by atoms with Gasteiger partial charge in [0, 0.05) is 6.04 Å². The summed E-state index contributed by atoms with van der Waals surface area (Å²) in [6, 6.07) is 7.73. The first-order chi connectivity index (χ1) is 5.62. The SMILES string of the molecule is C[C@]1(O)c2ccccc2C[C@@H]1N. The zero-order valence-electron chi connectivity index (χ0n) is 7.12. The Labute approximate surface area is 72.0 Å². The molecule has 2 heteroatoms. The molecular weight excluding hydrogens is 150 g/mol. The van der Waals surface area contributed by atoms with Gasteiger partial charge in [-0.05, 0) is 24.5 Å². The van der Waals surface area contributed by atoms with Crippen LogP contribution in [0.5, 0.6) is 0 Å². The minimum absolute atomic E-state index is 0.158. The summed E-state index contributed by atoms with van der Waals surface area (Å²) in [4.78, 5) is 0. The fourth-order valence-electron chi connectivity index (χ4n) is 1.83. The predicted octanol–water partition coefficient (Wildman–Crippen LogP) is 0.777. The molecule has 12 heavy (non-hydrogen) atoms. The second-order valence-electron chi connectivity index (χ2n) is 3.62. The standard InChI is InChI=1S/C10H13NO/c1-10(12)8-5-3-2-4-7(8)6-9(10)11/h2-5,9,12H,6,11H2,1H3/t9-,10-/m0/s1. The Balaban J connectivity index is 2.55. The number of rotatable bonds is 0. The summed E-state index contributed by atoms with van der Waals surface area (Å²) >= 11 is 0. The Morgan fingerprint density at radius 3 is 2.83 bits per heavy atom. The molecule has 0 amide bonds. The van der Waals surface area contributed by atoms with Gasteiger partial charge in [0.25, 0.3) is 0 Å². The molecule has 1 aromatic carbocycles. The van der Waals surface area contributed by atoms with Crippen molar-refractivity contribution in [1.29, 1.82) is 0 Å². The van der Waals surface area contributed by atoms with Crippen molar-refractivity contribution in [3.05, 3.63) is 35.4 Å². The van der Waals surface area contributed by atoms with E-state index >= 15 is 0 Å². The lowest BCUT2D eigenvalue weighted by atomic mass is 9.96. The molecule has 0 spiro atoms. The highest BCUT2D eigenvalue weighted by Gasteiger charge is 2.38. The number of nitrogens with two attached hydrogens (primary N) is 1. The van der Waals surface area contributed by atoms with Gasteiger partial charge in [-0.15, -0.1) is 0 Å². The van der Waals surface area contributed by atoms with Crippen LogP contribution in [0.3, 0.4) is 0 Å². The largest absolute Gasteiger partial charge is 0.384 e. The van der Waals surface area contributed by atoms with Crippen LogP contribution in [0.2, 0.25) is 0 Å². The third kappa shape index (κ3) is 0.886. The number of aliphatic hydroxyl groups is 1. The molecule has 3 N–H and O–H groups in total. The van der Waals surface area contributed by atoms with Gasteiger partial charge in [0.2, 0.25) is 0 Å². The fourth-order valence-corrected chi connectivity index (χ4v) is 1.83. The topological polar surface area (TPSA) is 46.2 Å². The fraction of sp³-hybridized carbons (Fsp3) is 0.400. The first kappa shape index (κ1) is 7.77. The van der Waals surface area contributed by atoms with Gasteiger partial charge >= 0.3 is 0 Å². The van der Waals surface area contributed by atoms with E-state index in [0.717, 1.165) is 12.0 Å². The van der Waals surface area contributed by atoms with Crippen molar-refractivity contribution in [3.63, 3.8) is 0 Å². The summed E-state index contributed by atoms with van der Waals surface area (Å²) in [5.74, 6) is 0. The second kappa shape index (κ2) is 2.31. The van der Waals surface area contributed by atoms with Gasteiger partial charge in [0.1, 0.15) is 5.60 Å². The highest BCUT2D eigenvalue weighted by Crippen LogP contribution is 2.34. The van der Waals surface area contributed by atoms with Gasteiger partial charge in [-0.1, -0.05) is 24.3 Å². The first-order valence-corrected chi connectivity index (χ1v) is 4.18. The van der Waals surface area contributed by atoms with Crippen molar-refractivity contribution in [3.8, 4) is 0 Å². The molecule has 0 fully saturated rings. The van der Waals surface area contributed by atoms with E-state index in [4.69, 9.17) is 5.73 Å². The third-order valence-electron chi connectivity index (χ3n) is 2.72. The molecule has 0 saturated carbocycles. The summed E-state index contributed by atoms with van der Waals surface area (Å²) in [6.45, 7) is 1.78. The lowest BCUT2D eigenvalue weighted by Crippen LogP contribution is -2.39. The molecule has 0 aromatic heterocycles. The van der Waals surface area contributed by atoms with Crippen molar-refractivity contribution in [2.24, 2.45) is 5.73 Å². The maximum absolute atomic E-state index is 9.99. The molecule has 2 atom stereocenters. The minimum Gasteiger partial charge on any atom is -0.384 e. The lowest BCUT2D eigenvalue weighted by molar-refractivity contribution is 0.0412. The predicted molar refractivity (Wildman–Crippen MR) is 47.7 cm³/mol. The number of fused-ring (bicyclic) bond motifs is 1. The number of hydrogen-bond donors (Lipinski definition) is 2. The Hall–Kier alpha value is -0.860. The highest BCUT2D eigenvalue weighted by molar-refractivity contribution is 5.39. The van der Waals surface area contributed by atoms with Gasteiger partial charge in [0.05, 0.1) is 0 Å². The minimum atomic E-state index is -0.837. The Kier molecular flexibility index (Phi) is 1.50. The lowest BCUT2D eigenvalue weighted by Gasteiger charge is -2.23. The molecule has 2 rings (SSSR count). The molecule has 0 unspecified atom stereocenters. The molecule has 0 bridgehead atoms. The van der Waals surface area contributed by atoms with Crippen LogP contribution in [0.25, 0.3) is 0 Å². The van der Waals surface area contributed by atoms with Crippen molar-refractivity contribution < 1.29 is 5.11 Å². The first-order valence-electron chi connectivity index (χ1n) is 4.18. The molecule has 0 aliphatic heterocycles.